The van der Waals surface area contributed by atoms with Gasteiger partial charge in [0, 0.05) is 44.0 Å². The van der Waals surface area contributed by atoms with Crippen LogP contribution in [0.5, 0.6) is 5.75 Å². The quantitative estimate of drug-likeness (QED) is 0.268. The summed E-state index contributed by atoms with van der Waals surface area (Å²) in [5.74, 6) is 0.312. The Morgan fingerprint density at radius 1 is 1.29 bits per heavy atom. The summed E-state index contributed by atoms with van der Waals surface area (Å²) in [5.41, 5.74) is 0.370. The van der Waals surface area contributed by atoms with Crippen molar-refractivity contribution < 1.29 is 38.5 Å². The Balaban J connectivity index is 1.89. The molecule has 0 aromatic heterocycles. The second-order valence-electron chi connectivity index (χ2n) is 8.45. The molecular formula is C24H28N2O9. The van der Waals surface area contributed by atoms with Crippen molar-refractivity contribution in [2.24, 2.45) is 0 Å². The molecule has 2 aromatic rings. The molecule has 2 aliphatic rings. The van der Waals surface area contributed by atoms with E-state index in [0.29, 0.717) is 23.4 Å². The van der Waals surface area contributed by atoms with Gasteiger partial charge in [-0.1, -0.05) is 18.2 Å². The number of rotatable bonds is 7. The third kappa shape index (κ3) is 4.26. The normalized spacial score (nSPS) is 25.0. The standard InChI is InChI=1S/C24H28N2O9/c1-5-33-23(28)34-19-12-14-8-6-7-9-17(14)25(19)20-16-13-15(26(29)30)10-11-18(16)35-24(2,21(20)27)22(31-3)32-4/h6-11,13,19-22,27H,5,12H2,1-4H3/t19-,20-,21+,24+/m1/s1. The molecule has 0 spiro atoms. The minimum absolute atomic E-state index is 0.134. The third-order valence-corrected chi connectivity index (χ3v) is 6.40. The number of methoxy groups -OCH3 is 2. The van der Waals surface area contributed by atoms with Crippen LogP contribution in [-0.4, -0.2) is 61.2 Å². The number of nitrogens with zero attached hydrogens (tertiary/aromatic N) is 2. The molecule has 0 fully saturated rings. The number of nitro groups is 1. The van der Waals surface area contributed by atoms with Crippen molar-refractivity contribution in [3.8, 4) is 5.75 Å². The van der Waals surface area contributed by atoms with E-state index in [1.165, 1.54) is 32.4 Å². The van der Waals surface area contributed by atoms with Gasteiger partial charge in [0.25, 0.3) is 5.69 Å². The van der Waals surface area contributed by atoms with Crippen molar-refractivity contribution in [1.82, 2.24) is 0 Å². The molecule has 2 heterocycles. The molecule has 11 nitrogen and oxygen atoms in total. The highest BCUT2D eigenvalue weighted by Crippen LogP contribution is 2.50. The number of hydrogen-bond acceptors (Lipinski definition) is 10. The minimum atomic E-state index is -1.41. The number of ether oxygens (including phenoxy) is 5. The van der Waals surface area contributed by atoms with Gasteiger partial charge in [0.2, 0.25) is 0 Å². The Hall–Kier alpha value is -3.41. The molecule has 0 saturated carbocycles. The van der Waals surface area contributed by atoms with Gasteiger partial charge >= 0.3 is 6.16 Å². The molecule has 4 rings (SSSR count). The van der Waals surface area contributed by atoms with Crippen LogP contribution in [0.3, 0.4) is 0 Å². The molecule has 0 radical (unpaired) electrons. The summed E-state index contributed by atoms with van der Waals surface area (Å²) < 4.78 is 27.7. The van der Waals surface area contributed by atoms with E-state index in [1.807, 2.05) is 24.3 Å². The lowest BCUT2D eigenvalue weighted by molar-refractivity contribution is -0.385. The SMILES string of the molecule is CCOC(=O)O[C@@H]1Cc2ccccc2N1[C@@H]1c2cc([N+](=O)[O-])ccc2O[C@](C)(C(OC)OC)[C@H]1O. The maximum Gasteiger partial charge on any atom is 0.510 e. The Morgan fingerprint density at radius 3 is 2.66 bits per heavy atom. The van der Waals surface area contributed by atoms with Gasteiger partial charge in [0.15, 0.2) is 18.1 Å². The van der Waals surface area contributed by atoms with E-state index >= 15 is 0 Å². The predicted octanol–water partition coefficient (Wildman–Crippen LogP) is 3.33. The van der Waals surface area contributed by atoms with Crippen LogP contribution in [0.2, 0.25) is 0 Å². The van der Waals surface area contributed by atoms with Crippen LogP contribution in [0, 0.1) is 10.1 Å². The van der Waals surface area contributed by atoms with Gasteiger partial charge in [-0.2, -0.15) is 0 Å². The largest absolute Gasteiger partial charge is 0.510 e. The summed E-state index contributed by atoms with van der Waals surface area (Å²) in [5, 5.41) is 23.3. The fourth-order valence-corrected chi connectivity index (χ4v) is 4.88. The highest BCUT2D eigenvalue weighted by atomic mass is 16.7. The molecule has 0 amide bonds. The number of para-hydroxylation sites is 1. The van der Waals surface area contributed by atoms with Crippen LogP contribution >= 0.6 is 0 Å². The molecule has 1 N–H and O–H groups in total. The predicted molar refractivity (Wildman–Crippen MR) is 123 cm³/mol. The molecule has 11 heteroatoms. The van der Waals surface area contributed by atoms with Gasteiger partial charge in [0.05, 0.1) is 17.6 Å². The van der Waals surface area contributed by atoms with Crippen LogP contribution in [0.1, 0.15) is 31.0 Å². The van der Waals surface area contributed by atoms with Crippen molar-refractivity contribution in [2.45, 2.75) is 50.5 Å². The summed E-state index contributed by atoms with van der Waals surface area (Å²) in [6, 6.07) is 10.7. The molecule has 0 saturated heterocycles. The average Bonchev–Trinajstić information content (AvgIpc) is 3.18. The first-order valence-electron chi connectivity index (χ1n) is 11.2. The number of carbonyl (C=O) groups excluding carboxylic acids is 1. The molecule has 35 heavy (non-hydrogen) atoms. The summed E-state index contributed by atoms with van der Waals surface area (Å²) in [4.78, 5) is 25.1. The van der Waals surface area contributed by atoms with E-state index in [1.54, 1.807) is 18.7 Å². The highest BCUT2D eigenvalue weighted by molar-refractivity contribution is 5.66. The number of non-ortho nitro benzene ring substituents is 1. The van der Waals surface area contributed by atoms with Gasteiger partial charge in [-0.25, -0.2) is 4.79 Å². The monoisotopic (exact) mass is 488 g/mol. The lowest BCUT2D eigenvalue weighted by atomic mass is 9.83. The van der Waals surface area contributed by atoms with E-state index in [4.69, 9.17) is 23.7 Å². The lowest BCUT2D eigenvalue weighted by Crippen LogP contribution is -2.63. The van der Waals surface area contributed by atoms with E-state index < -0.39 is 41.3 Å². The van der Waals surface area contributed by atoms with Crippen molar-refractivity contribution in [2.75, 3.05) is 25.7 Å². The van der Waals surface area contributed by atoms with Crippen molar-refractivity contribution in [3.05, 3.63) is 63.7 Å². The second-order valence-corrected chi connectivity index (χ2v) is 8.45. The molecule has 0 aliphatic carbocycles. The van der Waals surface area contributed by atoms with E-state index in [9.17, 15) is 20.0 Å². The van der Waals surface area contributed by atoms with Crippen LogP contribution in [0.25, 0.3) is 0 Å². The first-order valence-corrected chi connectivity index (χ1v) is 11.2. The number of carbonyl (C=O) groups is 1. The number of aliphatic hydroxyl groups is 1. The van der Waals surface area contributed by atoms with Gasteiger partial charge in [-0.05, 0) is 31.5 Å². The van der Waals surface area contributed by atoms with E-state index in [0.717, 1.165) is 5.56 Å². The first kappa shape index (κ1) is 24.7. The maximum atomic E-state index is 12.3. The summed E-state index contributed by atoms with van der Waals surface area (Å²) in [6.07, 6.45) is -3.67. The molecule has 0 unspecified atom stereocenters. The second kappa shape index (κ2) is 9.68. The maximum absolute atomic E-state index is 12.3. The molecular weight excluding hydrogens is 460 g/mol. The molecule has 4 atom stereocenters. The molecule has 2 aromatic carbocycles. The Kier molecular flexibility index (Phi) is 6.84. The number of benzene rings is 2. The zero-order valence-corrected chi connectivity index (χ0v) is 19.9. The third-order valence-electron chi connectivity index (χ3n) is 6.40. The number of hydrogen-bond donors (Lipinski definition) is 1. The summed E-state index contributed by atoms with van der Waals surface area (Å²) >= 11 is 0. The zero-order chi connectivity index (χ0) is 25.3. The van der Waals surface area contributed by atoms with Gasteiger partial charge in [-0.3, -0.25) is 10.1 Å². The van der Waals surface area contributed by atoms with Gasteiger partial charge < -0.3 is 33.7 Å². The number of fused-ring (bicyclic) bond motifs is 2. The average molecular weight is 488 g/mol. The summed E-state index contributed by atoms with van der Waals surface area (Å²) in [7, 11) is 2.85. The fraction of sp³-hybridized carbons (Fsp3) is 0.458. The van der Waals surface area contributed by atoms with Crippen molar-refractivity contribution in [3.63, 3.8) is 0 Å². The minimum Gasteiger partial charge on any atom is -0.479 e. The van der Waals surface area contributed by atoms with Crippen molar-refractivity contribution >= 4 is 17.5 Å². The summed E-state index contributed by atoms with van der Waals surface area (Å²) in [6.45, 7) is 3.44. The highest BCUT2D eigenvalue weighted by Gasteiger charge is 2.56. The molecule has 2 aliphatic heterocycles. The Labute approximate surface area is 202 Å². The Bertz CT molecular complexity index is 1110. The molecule has 0 bridgehead atoms. The van der Waals surface area contributed by atoms with Crippen LogP contribution < -0.4 is 9.64 Å². The van der Waals surface area contributed by atoms with Gasteiger partial charge in [-0.15, -0.1) is 0 Å². The number of aliphatic hydroxyl groups excluding tert-OH is 1. The van der Waals surface area contributed by atoms with Crippen LogP contribution in [-0.2, 0) is 25.4 Å². The van der Waals surface area contributed by atoms with Crippen LogP contribution in [0.15, 0.2) is 42.5 Å². The number of anilines is 1. The zero-order valence-electron chi connectivity index (χ0n) is 19.9. The van der Waals surface area contributed by atoms with Crippen molar-refractivity contribution in [1.29, 1.82) is 0 Å². The van der Waals surface area contributed by atoms with E-state index in [2.05, 4.69) is 0 Å². The Morgan fingerprint density at radius 2 is 2.00 bits per heavy atom. The topological polar surface area (TPSA) is 130 Å². The fourth-order valence-electron chi connectivity index (χ4n) is 4.88. The van der Waals surface area contributed by atoms with E-state index in [-0.39, 0.29) is 12.3 Å². The first-order chi connectivity index (χ1) is 16.7. The van der Waals surface area contributed by atoms with Crippen LogP contribution in [0.4, 0.5) is 16.2 Å². The lowest BCUT2D eigenvalue weighted by Gasteiger charge is -2.50. The smallest absolute Gasteiger partial charge is 0.479 e. The molecule has 188 valence electrons. The van der Waals surface area contributed by atoms with Gasteiger partial charge in [0.1, 0.15) is 11.9 Å². The number of nitro benzene ring substituents is 1.